The number of rotatable bonds is 2. The van der Waals surface area contributed by atoms with Crippen molar-refractivity contribution >= 4 is 22.5 Å². The van der Waals surface area contributed by atoms with Crippen LogP contribution in [0.5, 0.6) is 0 Å². The molecule has 0 spiro atoms. The molecule has 0 unspecified atom stereocenters. The Morgan fingerprint density at radius 2 is 1.63 bits per heavy atom. The lowest BCUT2D eigenvalue weighted by Crippen LogP contribution is -2.16. The minimum atomic E-state index is 0.0421. The van der Waals surface area contributed by atoms with Crippen molar-refractivity contribution in [3.8, 4) is 0 Å². The molecule has 19 heavy (non-hydrogen) atoms. The number of fused-ring (bicyclic) bond motifs is 1. The highest BCUT2D eigenvalue weighted by Gasteiger charge is 2.06. The Morgan fingerprint density at radius 3 is 2.53 bits per heavy atom. The summed E-state index contributed by atoms with van der Waals surface area (Å²) in [7, 11) is 1.77. The largest absolute Gasteiger partial charge is 0.318 e. The predicted molar refractivity (Wildman–Crippen MR) is 79.8 cm³/mol. The maximum atomic E-state index is 12.1. The van der Waals surface area contributed by atoms with E-state index in [1.807, 2.05) is 30.3 Å². The van der Waals surface area contributed by atoms with Crippen molar-refractivity contribution < 1.29 is 0 Å². The van der Waals surface area contributed by atoms with Gasteiger partial charge in [-0.2, -0.15) is 0 Å². The first kappa shape index (κ1) is 12.1. The summed E-state index contributed by atoms with van der Waals surface area (Å²) in [6.45, 7) is 0. The summed E-state index contributed by atoms with van der Waals surface area (Å²) in [6, 6.07) is 18.2. The SMILES string of the molecule is Cn1cccc(Sc2cccc3ccccc23)c1=O. The minimum Gasteiger partial charge on any atom is -0.318 e. The molecule has 0 saturated carbocycles. The van der Waals surface area contributed by atoms with Crippen molar-refractivity contribution in [2.45, 2.75) is 9.79 Å². The summed E-state index contributed by atoms with van der Waals surface area (Å²) in [5.41, 5.74) is 0.0421. The number of aromatic nitrogens is 1. The highest BCUT2D eigenvalue weighted by molar-refractivity contribution is 7.99. The summed E-state index contributed by atoms with van der Waals surface area (Å²) >= 11 is 1.52. The molecule has 2 nitrogen and oxygen atoms in total. The molecule has 0 atom stereocenters. The van der Waals surface area contributed by atoms with E-state index in [4.69, 9.17) is 0 Å². The van der Waals surface area contributed by atoms with Crippen LogP contribution in [-0.2, 0) is 7.05 Å². The average molecular weight is 267 g/mol. The van der Waals surface area contributed by atoms with Gasteiger partial charge < -0.3 is 4.57 Å². The molecule has 0 fully saturated rings. The first-order valence-electron chi connectivity index (χ1n) is 6.07. The third kappa shape index (κ3) is 2.29. The van der Waals surface area contributed by atoms with E-state index >= 15 is 0 Å². The molecule has 0 radical (unpaired) electrons. The molecule has 3 aromatic rings. The van der Waals surface area contributed by atoms with Gasteiger partial charge in [-0.15, -0.1) is 0 Å². The quantitative estimate of drug-likeness (QED) is 0.706. The van der Waals surface area contributed by atoms with Gasteiger partial charge in [0.05, 0.1) is 4.90 Å². The van der Waals surface area contributed by atoms with Crippen LogP contribution in [0.2, 0.25) is 0 Å². The zero-order valence-corrected chi connectivity index (χ0v) is 11.4. The normalized spacial score (nSPS) is 10.8. The van der Waals surface area contributed by atoms with E-state index in [0.29, 0.717) is 0 Å². The van der Waals surface area contributed by atoms with Crippen LogP contribution in [-0.4, -0.2) is 4.57 Å². The van der Waals surface area contributed by atoms with Crippen molar-refractivity contribution in [1.82, 2.24) is 4.57 Å². The monoisotopic (exact) mass is 267 g/mol. The van der Waals surface area contributed by atoms with E-state index in [1.54, 1.807) is 17.8 Å². The third-order valence-corrected chi connectivity index (χ3v) is 4.16. The number of pyridine rings is 1. The summed E-state index contributed by atoms with van der Waals surface area (Å²) in [5, 5.41) is 2.38. The molecule has 0 aliphatic rings. The van der Waals surface area contributed by atoms with E-state index in [-0.39, 0.29) is 5.56 Å². The van der Waals surface area contributed by atoms with Gasteiger partial charge in [0.2, 0.25) is 0 Å². The lowest BCUT2D eigenvalue weighted by Gasteiger charge is -2.06. The van der Waals surface area contributed by atoms with Crippen LogP contribution < -0.4 is 5.56 Å². The maximum Gasteiger partial charge on any atom is 0.264 e. The molecular formula is C16H13NOS. The van der Waals surface area contributed by atoms with Gasteiger partial charge >= 0.3 is 0 Å². The standard InChI is InChI=1S/C16H13NOS/c1-17-11-5-10-15(16(17)18)19-14-9-4-7-12-6-2-3-8-13(12)14/h2-11H,1H3. The smallest absolute Gasteiger partial charge is 0.264 e. The second-order valence-corrected chi connectivity index (χ2v) is 5.45. The number of aryl methyl sites for hydroxylation is 1. The Balaban J connectivity index is 2.11. The Hall–Kier alpha value is -2.00. The second-order valence-electron chi connectivity index (χ2n) is 4.37. The van der Waals surface area contributed by atoms with Crippen molar-refractivity contribution in [1.29, 1.82) is 0 Å². The molecule has 0 amide bonds. The van der Waals surface area contributed by atoms with Gasteiger partial charge in [-0.3, -0.25) is 4.79 Å². The average Bonchev–Trinajstić information content (AvgIpc) is 2.44. The maximum absolute atomic E-state index is 12.1. The van der Waals surface area contributed by atoms with Crippen LogP contribution in [0.25, 0.3) is 10.8 Å². The Bertz CT molecular complexity index is 787. The zero-order chi connectivity index (χ0) is 13.2. The molecule has 0 aliphatic heterocycles. The van der Waals surface area contributed by atoms with Gasteiger partial charge in [-0.25, -0.2) is 0 Å². The molecule has 3 heteroatoms. The van der Waals surface area contributed by atoms with Crippen molar-refractivity contribution in [2.24, 2.45) is 7.05 Å². The first-order valence-corrected chi connectivity index (χ1v) is 6.88. The fourth-order valence-electron chi connectivity index (χ4n) is 2.05. The fraction of sp³-hybridized carbons (Fsp3) is 0.0625. The van der Waals surface area contributed by atoms with E-state index in [9.17, 15) is 4.79 Å². The van der Waals surface area contributed by atoms with E-state index in [0.717, 1.165) is 9.79 Å². The number of hydrogen-bond donors (Lipinski definition) is 0. The highest BCUT2D eigenvalue weighted by Crippen LogP contribution is 2.31. The third-order valence-electron chi connectivity index (χ3n) is 3.06. The Labute approximate surface area is 115 Å². The van der Waals surface area contributed by atoms with Crippen LogP contribution in [0.15, 0.2) is 75.4 Å². The molecule has 0 saturated heterocycles. The Morgan fingerprint density at radius 1 is 0.895 bits per heavy atom. The zero-order valence-electron chi connectivity index (χ0n) is 10.5. The van der Waals surface area contributed by atoms with Crippen LogP contribution in [0.1, 0.15) is 0 Å². The molecule has 3 rings (SSSR count). The van der Waals surface area contributed by atoms with Crippen LogP contribution in [0, 0.1) is 0 Å². The van der Waals surface area contributed by atoms with Crippen LogP contribution in [0.4, 0.5) is 0 Å². The molecule has 0 aliphatic carbocycles. The summed E-state index contributed by atoms with van der Waals surface area (Å²) in [5.74, 6) is 0. The van der Waals surface area contributed by atoms with Crippen molar-refractivity contribution in [2.75, 3.05) is 0 Å². The minimum absolute atomic E-state index is 0.0421. The number of nitrogens with zero attached hydrogens (tertiary/aromatic N) is 1. The summed E-state index contributed by atoms with van der Waals surface area (Å²) in [4.78, 5) is 13.9. The number of hydrogen-bond acceptors (Lipinski definition) is 2. The first-order chi connectivity index (χ1) is 9.25. The van der Waals surface area contributed by atoms with Crippen LogP contribution >= 0.6 is 11.8 Å². The molecular weight excluding hydrogens is 254 g/mol. The fourth-order valence-corrected chi connectivity index (χ4v) is 3.11. The second kappa shape index (κ2) is 4.94. The number of benzene rings is 2. The molecule has 94 valence electrons. The topological polar surface area (TPSA) is 22.0 Å². The molecule has 0 N–H and O–H groups in total. The van der Waals surface area contributed by atoms with Crippen molar-refractivity contribution in [3.05, 3.63) is 71.1 Å². The predicted octanol–water partition coefficient (Wildman–Crippen LogP) is 3.69. The Kier molecular flexibility index (Phi) is 3.13. The summed E-state index contributed by atoms with van der Waals surface area (Å²) < 4.78 is 1.60. The van der Waals surface area contributed by atoms with E-state index < -0.39 is 0 Å². The molecule has 1 heterocycles. The van der Waals surface area contributed by atoms with Gasteiger partial charge in [-0.1, -0.05) is 48.2 Å². The van der Waals surface area contributed by atoms with Gasteiger partial charge in [0.1, 0.15) is 0 Å². The lowest BCUT2D eigenvalue weighted by molar-refractivity contribution is 0.832. The lowest BCUT2D eigenvalue weighted by atomic mass is 10.1. The van der Waals surface area contributed by atoms with Crippen molar-refractivity contribution in [3.63, 3.8) is 0 Å². The van der Waals surface area contributed by atoms with Gasteiger partial charge in [0.15, 0.2) is 0 Å². The molecule has 1 aromatic heterocycles. The van der Waals surface area contributed by atoms with Gasteiger partial charge in [0.25, 0.3) is 5.56 Å². The van der Waals surface area contributed by atoms with E-state index in [2.05, 4.69) is 24.3 Å². The summed E-state index contributed by atoms with van der Waals surface area (Å²) in [6.07, 6.45) is 1.77. The van der Waals surface area contributed by atoms with Gasteiger partial charge in [0, 0.05) is 18.1 Å². The molecule has 0 bridgehead atoms. The van der Waals surface area contributed by atoms with Gasteiger partial charge in [-0.05, 0) is 29.0 Å². The van der Waals surface area contributed by atoms with Crippen LogP contribution in [0.3, 0.4) is 0 Å². The highest BCUT2D eigenvalue weighted by atomic mass is 32.2. The molecule has 2 aromatic carbocycles. The van der Waals surface area contributed by atoms with E-state index in [1.165, 1.54) is 22.5 Å².